The zero-order valence-corrected chi connectivity index (χ0v) is 20.8. The van der Waals surface area contributed by atoms with Gasteiger partial charge in [0.25, 0.3) is 5.91 Å². The van der Waals surface area contributed by atoms with Crippen LogP contribution in [0.1, 0.15) is 45.5 Å². The van der Waals surface area contributed by atoms with Gasteiger partial charge in [-0.3, -0.25) is 4.79 Å². The third-order valence-electron chi connectivity index (χ3n) is 7.38. The van der Waals surface area contributed by atoms with Crippen molar-refractivity contribution in [2.75, 3.05) is 18.0 Å². The van der Waals surface area contributed by atoms with Gasteiger partial charge in [0.2, 0.25) is 0 Å². The van der Waals surface area contributed by atoms with Gasteiger partial charge in [-0.05, 0) is 54.7 Å². The predicted octanol–water partition coefficient (Wildman–Crippen LogP) is 7.47. The number of fused-ring (bicyclic) bond motifs is 1. The number of benzene rings is 3. The Kier molecular flexibility index (Phi) is 7.18. The summed E-state index contributed by atoms with van der Waals surface area (Å²) < 4.78 is 80.9. The monoisotopic (exact) mass is 544 g/mol. The number of carbonyl (C=O) groups excluding carboxylic acids is 1. The van der Waals surface area contributed by atoms with Crippen LogP contribution in [0.25, 0.3) is 6.08 Å². The van der Waals surface area contributed by atoms with E-state index in [4.69, 9.17) is 0 Å². The molecule has 0 saturated carbocycles. The zero-order valence-electron chi connectivity index (χ0n) is 20.8. The molecule has 0 spiro atoms. The molecule has 2 heterocycles. The molecule has 3 aromatic rings. The molecule has 3 aromatic carbocycles. The number of halogens is 6. The van der Waals surface area contributed by atoms with Crippen LogP contribution in [-0.2, 0) is 18.8 Å². The minimum Gasteiger partial charge on any atom is -0.364 e. The molecule has 1 amide bonds. The number of piperidine rings is 1. The number of hydrogen-bond acceptors (Lipinski definition) is 2. The molecule has 0 N–H and O–H groups in total. The van der Waals surface area contributed by atoms with Crippen molar-refractivity contribution < 1.29 is 31.1 Å². The molecule has 3 nitrogen and oxygen atoms in total. The number of rotatable bonds is 4. The van der Waals surface area contributed by atoms with Crippen LogP contribution in [0.2, 0.25) is 0 Å². The van der Waals surface area contributed by atoms with E-state index in [2.05, 4.69) is 17.1 Å². The minimum atomic E-state index is -5.03. The maximum atomic E-state index is 13.6. The van der Waals surface area contributed by atoms with Crippen LogP contribution in [0.3, 0.4) is 0 Å². The molecule has 5 rings (SSSR count). The molecule has 0 aliphatic carbocycles. The summed E-state index contributed by atoms with van der Waals surface area (Å²) in [5.74, 6) is -0.829. The number of carbonyl (C=O) groups is 1. The van der Waals surface area contributed by atoms with Crippen LogP contribution in [0.4, 0.5) is 32.0 Å². The molecule has 9 heteroatoms. The van der Waals surface area contributed by atoms with Gasteiger partial charge >= 0.3 is 12.4 Å². The number of likely N-dealkylation sites (tertiary alicyclic amines) is 1. The maximum absolute atomic E-state index is 13.6. The van der Waals surface area contributed by atoms with Crippen molar-refractivity contribution in [3.63, 3.8) is 0 Å². The van der Waals surface area contributed by atoms with Crippen LogP contribution < -0.4 is 4.90 Å². The van der Waals surface area contributed by atoms with Crippen LogP contribution in [-0.4, -0.2) is 36.0 Å². The molecule has 2 atom stereocenters. The Morgan fingerprint density at radius 3 is 2.15 bits per heavy atom. The first-order valence-electron chi connectivity index (χ1n) is 12.7. The first-order valence-corrected chi connectivity index (χ1v) is 12.7. The summed E-state index contributed by atoms with van der Waals surface area (Å²) >= 11 is 0. The molecular formula is C30H26F6N2O. The summed E-state index contributed by atoms with van der Waals surface area (Å²) in [7, 11) is 0. The fraction of sp³-hybridized carbons (Fsp3) is 0.300. The Morgan fingerprint density at radius 1 is 0.846 bits per heavy atom. The van der Waals surface area contributed by atoms with E-state index in [0.29, 0.717) is 37.9 Å². The first-order chi connectivity index (χ1) is 18.5. The summed E-state index contributed by atoms with van der Waals surface area (Å²) in [6, 6.07) is 18.0. The molecule has 0 unspecified atom stereocenters. The average Bonchev–Trinajstić information content (AvgIpc) is 2.92. The third-order valence-corrected chi connectivity index (χ3v) is 7.38. The molecule has 2 aliphatic heterocycles. The van der Waals surface area contributed by atoms with Crippen molar-refractivity contribution in [3.05, 3.63) is 107 Å². The second-order valence-electron chi connectivity index (χ2n) is 9.93. The summed E-state index contributed by atoms with van der Waals surface area (Å²) in [5.41, 5.74) is -0.528. The fourth-order valence-electron chi connectivity index (χ4n) is 5.53. The zero-order chi connectivity index (χ0) is 27.8. The van der Waals surface area contributed by atoms with Crippen LogP contribution in [0.5, 0.6) is 0 Å². The summed E-state index contributed by atoms with van der Waals surface area (Å²) in [4.78, 5) is 17.3. The maximum Gasteiger partial charge on any atom is 0.416 e. The second kappa shape index (κ2) is 10.4. The van der Waals surface area contributed by atoms with Gasteiger partial charge < -0.3 is 9.80 Å². The van der Waals surface area contributed by atoms with Gasteiger partial charge in [-0.25, -0.2) is 0 Å². The lowest BCUT2D eigenvalue weighted by atomic mass is 9.89. The molecule has 39 heavy (non-hydrogen) atoms. The highest BCUT2D eigenvalue weighted by molar-refractivity contribution is 5.95. The van der Waals surface area contributed by atoms with E-state index < -0.39 is 41.0 Å². The highest BCUT2D eigenvalue weighted by atomic mass is 19.4. The van der Waals surface area contributed by atoms with Crippen molar-refractivity contribution >= 4 is 17.7 Å². The van der Waals surface area contributed by atoms with Gasteiger partial charge in [-0.2, -0.15) is 26.3 Å². The summed E-state index contributed by atoms with van der Waals surface area (Å²) in [6.07, 6.45) is -4.45. The molecule has 0 bridgehead atoms. The van der Waals surface area contributed by atoms with Gasteiger partial charge in [0.15, 0.2) is 0 Å². The Labute approximate surface area is 222 Å². The topological polar surface area (TPSA) is 23.6 Å². The molecule has 1 saturated heterocycles. The molecular weight excluding hydrogens is 518 g/mol. The van der Waals surface area contributed by atoms with E-state index in [1.807, 2.05) is 54.6 Å². The normalized spacial score (nSPS) is 19.6. The summed E-state index contributed by atoms with van der Waals surface area (Å²) in [5, 5.41) is 0. The Morgan fingerprint density at radius 2 is 1.49 bits per heavy atom. The quantitative estimate of drug-likeness (QED) is 0.318. The first kappa shape index (κ1) is 26.8. The predicted molar refractivity (Wildman–Crippen MR) is 137 cm³/mol. The van der Waals surface area contributed by atoms with Gasteiger partial charge in [0.1, 0.15) is 0 Å². The lowest BCUT2D eigenvalue weighted by molar-refractivity contribution is -0.143. The van der Waals surface area contributed by atoms with E-state index in [0.717, 1.165) is 16.8 Å². The molecule has 2 aliphatic rings. The Hall–Kier alpha value is -3.75. The number of nitrogens with zero attached hydrogens (tertiary/aromatic N) is 2. The smallest absolute Gasteiger partial charge is 0.364 e. The third kappa shape index (κ3) is 5.82. The molecule has 0 aromatic heterocycles. The van der Waals surface area contributed by atoms with Crippen molar-refractivity contribution in [2.24, 2.45) is 0 Å². The Balaban J connectivity index is 1.48. The molecule has 1 fully saturated rings. The average molecular weight is 545 g/mol. The van der Waals surface area contributed by atoms with Crippen molar-refractivity contribution in [1.29, 1.82) is 0 Å². The largest absolute Gasteiger partial charge is 0.416 e. The molecule has 0 radical (unpaired) electrons. The van der Waals surface area contributed by atoms with Crippen LogP contribution in [0, 0.1) is 0 Å². The number of hydrogen-bond donors (Lipinski definition) is 0. The molecule has 204 valence electrons. The van der Waals surface area contributed by atoms with Gasteiger partial charge in [-0.15, -0.1) is 0 Å². The number of anilines is 1. The summed E-state index contributed by atoms with van der Waals surface area (Å²) in [6.45, 7) is 0.886. The van der Waals surface area contributed by atoms with Crippen molar-refractivity contribution in [1.82, 2.24) is 4.90 Å². The lowest BCUT2D eigenvalue weighted by Gasteiger charge is -2.45. The second-order valence-corrected chi connectivity index (χ2v) is 9.93. The van der Waals surface area contributed by atoms with E-state index in [-0.39, 0.29) is 18.7 Å². The van der Waals surface area contributed by atoms with Gasteiger partial charge in [-0.1, -0.05) is 60.7 Å². The van der Waals surface area contributed by atoms with E-state index in [1.54, 1.807) is 0 Å². The van der Waals surface area contributed by atoms with E-state index in [9.17, 15) is 31.1 Å². The van der Waals surface area contributed by atoms with Crippen LogP contribution >= 0.6 is 0 Å². The highest BCUT2D eigenvalue weighted by Crippen LogP contribution is 2.38. The number of alkyl halides is 6. The lowest BCUT2D eigenvalue weighted by Crippen LogP contribution is -2.53. The van der Waals surface area contributed by atoms with Crippen molar-refractivity contribution in [3.8, 4) is 0 Å². The van der Waals surface area contributed by atoms with Crippen molar-refractivity contribution in [2.45, 2.75) is 43.7 Å². The SMILES string of the molecule is O=C(c1cc(C(F)(F)F)cc(C(F)(F)F)c1)N1CC[C@H](N2CC=Cc3ccccc32)C[C@H]1Cc1ccccc1. The minimum absolute atomic E-state index is 0.0427. The highest BCUT2D eigenvalue weighted by Gasteiger charge is 2.40. The number of amides is 1. The van der Waals surface area contributed by atoms with E-state index in [1.165, 1.54) is 4.90 Å². The Bertz CT molecular complexity index is 1330. The standard InChI is InChI=1S/C30H26F6N2O/c31-29(32,33)23-16-22(17-24(18-23)30(34,35)36)28(39)38-14-12-25(19-26(38)15-20-7-2-1-3-8-20)37-13-6-10-21-9-4-5-11-27(21)37/h1-11,16-18,25-26H,12-15,19H2/t25-,26+/m0/s1. The number of para-hydroxylation sites is 1. The van der Waals surface area contributed by atoms with Gasteiger partial charge in [0.05, 0.1) is 11.1 Å². The van der Waals surface area contributed by atoms with Crippen LogP contribution in [0.15, 0.2) is 78.9 Å². The fourth-order valence-corrected chi connectivity index (χ4v) is 5.53. The van der Waals surface area contributed by atoms with E-state index >= 15 is 0 Å². The van der Waals surface area contributed by atoms with Gasteiger partial charge in [0, 0.05) is 36.4 Å².